The largest absolute Gasteiger partial charge is 0.495 e. The third-order valence-electron chi connectivity index (χ3n) is 6.99. The first-order chi connectivity index (χ1) is 20.4. The van der Waals surface area contributed by atoms with Crippen molar-refractivity contribution in [3.63, 3.8) is 0 Å². The number of amides is 1. The minimum absolute atomic E-state index is 0.0121. The number of thiazole rings is 1. The predicted octanol–water partition coefficient (Wildman–Crippen LogP) is 7.87. The highest BCUT2D eigenvalue weighted by Crippen LogP contribution is 2.38. The van der Waals surface area contributed by atoms with Crippen LogP contribution >= 0.6 is 11.3 Å². The number of hydrogen-bond acceptors (Lipinski definition) is 7. The molecule has 5 rings (SSSR count). The minimum atomic E-state index is -4.45. The van der Waals surface area contributed by atoms with Crippen LogP contribution in [0.5, 0.6) is 17.2 Å². The number of sulfonamides is 1. The van der Waals surface area contributed by atoms with Crippen LogP contribution in [0.3, 0.4) is 0 Å². The van der Waals surface area contributed by atoms with E-state index >= 15 is 0 Å². The number of nitrogens with zero attached hydrogens (tertiary/aromatic N) is 1. The molecule has 0 saturated heterocycles. The number of alkyl halides is 3. The molecule has 1 saturated carbocycles. The van der Waals surface area contributed by atoms with Crippen molar-refractivity contribution in [2.24, 2.45) is 5.92 Å². The van der Waals surface area contributed by atoms with Gasteiger partial charge in [0.15, 0.2) is 5.13 Å². The summed E-state index contributed by atoms with van der Waals surface area (Å²) in [6.07, 6.45) is -0.639. The van der Waals surface area contributed by atoms with Gasteiger partial charge in [-0.05, 0) is 92.1 Å². The smallest absolute Gasteiger partial charge is 0.416 e. The van der Waals surface area contributed by atoms with E-state index in [1.165, 1.54) is 60.9 Å². The van der Waals surface area contributed by atoms with Crippen LogP contribution in [0.4, 0.5) is 24.0 Å². The van der Waals surface area contributed by atoms with E-state index < -0.39 is 21.8 Å². The van der Waals surface area contributed by atoms with Gasteiger partial charge in [0.2, 0.25) is 5.91 Å². The monoisotopic (exact) mass is 631 g/mol. The standard InChI is InChI=1S/C30H28F3N3O5S2/c1-18-27(42-29(34-18)35-28(37)19-5-3-4-6-19)20-7-16-25(40-2)26(17-20)43(38,39)36-22-10-14-24(15-11-22)41-23-12-8-21(9-13-23)30(31,32)33/h7-17,19,36H,3-6H2,1-2H3,(H,34,35,37). The Labute approximate surface area is 250 Å². The number of halogens is 3. The molecule has 0 atom stereocenters. The van der Waals surface area contributed by atoms with E-state index in [9.17, 15) is 26.4 Å². The fourth-order valence-electron chi connectivity index (χ4n) is 4.79. The van der Waals surface area contributed by atoms with E-state index in [1.54, 1.807) is 19.1 Å². The second-order valence-corrected chi connectivity index (χ2v) is 12.7. The van der Waals surface area contributed by atoms with Crippen molar-refractivity contribution < 1.29 is 35.9 Å². The maximum atomic E-state index is 13.5. The summed E-state index contributed by atoms with van der Waals surface area (Å²) in [6, 6.07) is 14.9. The number of carbonyl (C=O) groups excluding carboxylic acids is 1. The van der Waals surface area contributed by atoms with Gasteiger partial charge in [-0.3, -0.25) is 9.52 Å². The van der Waals surface area contributed by atoms with E-state index in [0.717, 1.165) is 37.8 Å². The molecule has 0 bridgehead atoms. The predicted molar refractivity (Wildman–Crippen MR) is 158 cm³/mol. The van der Waals surface area contributed by atoms with Gasteiger partial charge in [0, 0.05) is 11.6 Å². The van der Waals surface area contributed by atoms with Crippen LogP contribution in [0.15, 0.2) is 71.6 Å². The number of nitrogens with one attached hydrogen (secondary N) is 2. The molecule has 1 amide bonds. The summed E-state index contributed by atoms with van der Waals surface area (Å²) >= 11 is 1.27. The van der Waals surface area contributed by atoms with E-state index in [-0.39, 0.29) is 33.9 Å². The van der Waals surface area contributed by atoms with Crippen molar-refractivity contribution in [2.75, 3.05) is 17.1 Å². The molecule has 0 spiro atoms. The van der Waals surface area contributed by atoms with E-state index in [0.29, 0.717) is 27.0 Å². The number of aromatic nitrogens is 1. The highest BCUT2D eigenvalue weighted by atomic mass is 32.2. The summed E-state index contributed by atoms with van der Waals surface area (Å²) in [6.45, 7) is 1.79. The summed E-state index contributed by atoms with van der Waals surface area (Å²) < 4.78 is 78.7. The number of benzene rings is 3. The number of aryl methyl sites for hydroxylation is 1. The number of rotatable bonds is 9. The second-order valence-electron chi connectivity index (χ2n) is 10.0. The maximum Gasteiger partial charge on any atom is 0.416 e. The molecule has 1 fully saturated rings. The van der Waals surface area contributed by atoms with Crippen molar-refractivity contribution in [1.29, 1.82) is 0 Å². The number of anilines is 2. The van der Waals surface area contributed by atoms with Crippen molar-refractivity contribution >= 4 is 38.1 Å². The molecule has 13 heteroatoms. The van der Waals surface area contributed by atoms with Crippen molar-refractivity contribution in [3.8, 4) is 27.7 Å². The molecule has 43 heavy (non-hydrogen) atoms. The highest BCUT2D eigenvalue weighted by Gasteiger charge is 2.30. The summed E-state index contributed by atoms with van der Waals surface area (Å²) in [4.78, 5) is 17.7. The molecule has 2 N–H and O–H groups in total. The lowest BCUT2D eigenvalue weighted by atomic mass is 10.1. The lowest BCUT2D eigenvalue weighted by Crippen LogP contribution is -2.20. The third-order valence-corrected chi connectivity index (χ3v) is 9.52. The first-order valence-electron chi connectivity index (χ1n) is 13.4. The van der Waals surface area contributed by atoms with Crippen LogP contribution in [0.25, 0.3) is 10.4 Å². The average Bonchev–Trinajstić information content (AvgIpc) is 3.64. The van der Waals surface area contributed by atoms with E-state index in [4.69, 9.17) is 9.47 Å². The Morgan fingerprint density at radius 3 is 2.21 bits per heavy atom. The van der Waals surface area contributed by atoms with Gasteiger partial charge in [0.1, 0.15) is 22.1 Å². The molecule has 0 radical (unpaired) electrons. The summed E-state index contributed by atoms with van der Waals surface area (Å²) in [5.41, 5.74) is 0.689. The molecule has 3 aromatic carbocycles. The van der Waals surface area contributed by atoms with Gasteiger partial charge in [-0.1, -0.05) is 24.2 Å². The first kappa shape index (κ1) is 30.4. The van der Waals surface area contributed by atoms with Crippen LogP contribution in [-0.4, -0.2) is 26.4 Å². The molecular weight excluding hydrogens is 603 g/mol. The van der Waals surface area contributed by atoms with Crippen LogP contribution in [0, 0.1) is 12.8 Å². The molecule has 4 aromatic rings. The van der Waals surface area contributed by atoms with Crippen LogP contribution in [0.1, 0.15) is 36.9 Å². The molecule has 1 aromatic heterocycles. The molecule has 226 valence electrons. The Morgan fingerprint density at radius 1 is 0.977 bits per heavy atom. The average molecular weight is 632 g/mol. The van der Waals surface area contributed by atoms with Crippen LogP contribution in [-0.2, 0) is 21.0 Å². The number of carbonyl (C=O) groups is 1. The first-order valence-corrected chi connectivity index (χ1v) is 15.7. The summed E-state index contributed by atoms with van der Waals surface area (Å²) in [5, 5.41) is 3.36. The lowest BCUT2D eigenvalue weighted by Gasteiger charge is -2.14. The summed E-state index contributed by atoms with van der Waals surface area (Å²) in [5.74, 6) is 0.578. The van der Waals surface area contributed by atoms with Gasteiger partial charge >= 0.3 is 6.18 Å². The van der Waals surface area contributed by atoms with E-state index in [2.05, 4.69) is 15.0 Å². The third kappa shape index (κ3) is 7.11. The molecule has 1 aliphatic carbocycles. The maximum absolute atomic E-state index is 13.5. The molecule has 1 aliphatic rings. The molecule has 8 nitrogen and oxygen atoms in total. The highest BCUT2D eigenvalue weighted by molar-refractivity contribution is 7.92. The normalized spacial score (nSPS) is 14.0. The Bertz CT molecular complexity index is 1720. The molecular formula is C30H28F3N3O5S2. The topological polar surface area (TPSA) is 107 Å². The quantitative estimate of drug-likeness (QED) is 0.195. The Kier molecular flexibility index (Phi) is 8.65. The fourth-order valence-corrected chi connectivity index (χ4v) is 7.01. The molecule has 0 aliphatic heterocycles. The Morgan fingerprint density at radius 2 is 1.60 bits per heavy atom. The minimum Gasteiger partial charge on any atom is -0.495 e. The number of ether oxygens (including phenoxy) is 2. The van der Waals surface area contributed by atoms with Crippen molar-refractivity contribution in [3.05, 3.63) is 78.0 Å². The van der Waals surface area contributed by atoms with Gasteiger partial charge in [0.25, 0.3) is 10.0 Å². The van der Waals surface area contributed by atoms with Crippen LogP contribution in [0.2, 0.25) is 0 Å². The van der Waals surface area contributed by atoms with Gasteiger partial charge in [-0.25, -0.2) is 13.4 Å². The molecule has 0 unspecified atom stereocenters. The van der Waals surface area contributed by atoms with Gasteiger partial charge in [-0.15, -0.1) is 0 Å². The van der Waals surface area contributed by atoms with Gasteiger partial charge in [-0.2, -0.15) is 13.2 Å². The fraction of sp³-hybridized carbons (Fsp3) is 0.267. The zero-order valence-corrected chi connectivity index (χ0v) is 24.8. The summed E-state index contributed by atoms with van der Waals surface area (Å²) in [7, 11) is -2.75. The van der Waals surface area contributed by atoms with Crippen molar-refractivity contribution in [1.82, 2.24) is 4.98 Å². The van der Waals surface area contributed by atoms with Crippen LogP contribution < -0.4 is 19.5 Å². The number of methoxy groups -OCH3 is 1. The van der Waals surface area contributed by atoms with Gasteiger partial charge in [0.05, 0.1) is 23.2 Å². The Balaban J connectivity index is 1.32. The Hall–Kier alpha value is -4.10. The van der Waals surface area contributed by atoms with Gasteiger partial charge < -0.3 is 14.8 Å². The molecule has 1 heterocycles. The lowest BCUT2D eigenvalue weighted by molar-refractivity contribution is -0.137. The number of hydrogen-bond donors (Lipinski definition) is 2. The van der Waals surface area contributed by atoms with E-state index in [1.807, 2.05) is 0 Å². The zero-order chi connectivity index (χ0) is 30.8. The van der Waals surface area contributed by atoms with Crippen molar-refractivity contribution in [2.45, 2.75) is 43.7 Å². The second kappa shape index (κ2) is 12.3. The SMILES string of the molecule is COc1ccc(-c2sc(NC(=O)C3CCCC3)nc2C)cc1S(=O)(=O)Nc1ccc(Oc2ccc(C(F)(F)F)cc2)cc1. The zero-order valence-electron chi connectivity index (χ0n) is 23.2.